The average molecular weight is 173 g/mol. The van der Waals surface area contributed by atoms with Crippen LogP contribution in [-0.4, -0.2) is 22.7 Å². The van der Waals surface area contributed by atoms with Gasteiger partial charge in [0.2, 0.25) is 5.91 Å². The van der Waals surface area contributed by atoms with Crippen molar-refractivity contribution in [1.29, 1.82) is 0 Å². The second-order valence-corrected chi connectivity index (χ2v) is 4.08. The first-order valence-electron chi connectivity index (χ1n) is 4.24. The van der Waals surface area contributed by atoms with Crippen molar-refractivity contribution in [2.75, 3.05) is 0 Å². The van der Waals surface area contributed by atoms with E-state index < -0.39 is 5.60 Å². The Bertz CT molecular complexity index is 158. The second-order valence-electron chi connectivity index (χ2n) is 4.08. The molecule has 0 saturated heterocycles. The molecule has 0 aliphatic carbocycles. The van der Waals surface area contributed by atoms with Gasteiger partial charge >= 0.3 is 0 Å². The van der Waals surface area contributed by atoms with E-state index in [4.69, 9.17) is 0 Å². The first-order chi connectivity index (χ1) is 5.25. The Balaban J connectivity index is 4.35. The lowest BCUT2D eigenvalue weighted by atomic mass is 9.89. The number of amides is 1. The van der Waals surface area contributed by atoms with Crippen LogP contribution in [0.4, 0.5) is 0 Å². The molecule has 0 bridgehead atoms. The average Bonchev–Trinajstić information content (AvgIpc) is 1.79. The Morgan fingerprint density at radius 1 is 1.42 bits per heavy atom. The van der Waals surface area contributed by atoms with E-state index >= 15 is 0 Å². The van der Waals surface area contributed by atoms with E-state index in [1.807, 2.05) is 13.8 Å². The lowest BCUT2D eigenvalue weighted by Crippen LogP contribution is -2.51. The van der Waals surface area contributed by atoms with Crippen molar-refractivity contribution in [2.45, 2.75) is 46.3 Å². The van der Waals surface area contributed by atoms with Crippen molar-refractivity contribution in [2.24, 2.45) is 5.92 Å². The summed E-state index contributed by atoms with van der Waals surface area (Å²) in [4.78, 5) is 10.8. The summed E-state index contributed by atoms with van der Waals surface area (Å²) in [7, 11) is 0. The zero-order valence-corrected chi connectivity index (χ0v) is 8.51. The monoisotopic (exact) mass is 173 g/mol. The number of nitrogens with one attached hydrogen (secondary N) is 1. The lowest BCUT2D eigenvalue weighted by Gasteiger charge is -2.32. The molecule has 1 atom stereocenters. The molecule has 0 saturated carbocycles. The van der Waals surface area contributed by atoms with Crippen LogP contribution >= 0.6 is 0 Å². The summed E-state index contributed by atoms with van der Waals surface area (Å²) in [5.41, 5.74) is -0.861. The maximum atomic E-state index is 10.8. The highest BCUT2D eigenvalue weighted by molar-refractivity contribution is 5.73. The number of aliphatic hydroxyl groups is 1. The van der Waals surface area contributed by atoms with Crippen LogP contribution in [0.3, 0.4) is 0 Å². The van der Waals surface area contributed by atoms with Crippen molar-refractivity contribution < 1.29 is 9.90 Å². The van der Waals surface area contributed by atoms with Crippen LogP contribution in [0.5, 0.6) is 0 Å². The van der Waals surface area contributed by atoms with Gasteiger partial charge in [0, 0.05) is 6.92 Å². The largest absolute Gasteiger partial charge is 0.388 e. The molecule has 12 heavy (non-hydrogen) atoms. The third-order valence-corrected chi connectivity index (χ3v) is 1.79. The van der Waals surface area contributed by atoms with Crippen molar-refractivity contribution in [1.82, 2.24) is 5.32 Å². The molecule has 2 N–H and O–H groups in total. The molecule has 3 heteroatoms. The van der Waals surface area contributed by atoms with Gasteiger partial charge in [-0.15, -0.1) is 0 Å². The summed E-state index contributed by atoms with van der Waals surface area (Å²) in [5, 5.41) is 12.4. The summed E-state index contributed by atoms with van der Waals surface area (Å²) < 4.78 is 0. The lowest BCUT2D eigenvalue weighted by molar-refractivity contribution is -0.122. The molecule has 0 rings (SSSR count). The van der Waals surface area contributed by atoms with Gasteiger partial charge in [0.05, 0.1) is 11.6 Å². The zero-order valence-electron chi connectivity index (χ0n) is 8.51. The van der Waals surface area contributed by atoms with Gasteiger partial charge in [0.25, 0.3) is 0 Å². The molecule has 3 nitrogen and oxygen atoms in total. The first kappa shape index (κ1) is 11.4. The van der Waals surface area contributed by atoms with Crippen LogP contribution in [0, 0.1) is 5.92 Å². The van der Waals surface area contributed by atoms with E-state index in [0.29, 0.717) is 0 Å². The summed E-state index contributed by atoms with van der Waals surface area (Å²) >= 11 is 0. The Morgan fingerprint density at radius 3 is 1.92 bits per heavy atom. The SMILES string of the molecule is CC(=O)N[C@H](C(C)C)C(C)(C)O. The molecule has 72 valence electrons. The molecule has 0 radical (unpaired) electrons. The predicted octanol–water partition coefficient (Wildman–Crippen LogP) is 0.918. The molecule has 0 aliphatic heterocycles. The Hall–Kier alpha value is -0.570. The van der Waals surface area contributed by atoms with Gasteiger partial charge in [-0.3, -0.25) is 4.79 Å². The van der Waals surface area contributed by atoms with Crippen molar-refractivity contribution in [3.8, 4) is 0 Å². The van der Waals surface area contributed by atoms with Crippen LogP contribution < -0.4 is 5.32 Å². The first-order valence-corrected chi connectivity index (χ1v) is 4.24. The Morgan fingerprint density at radius 2 is 1.83 bits per heavy atom. The van der Waals surface area contributed by atoms with Gasteiger partial charge in [0.15, 0.2) is 0 Å². The van der Waals surface area contributed by atoms with Gasteiger partial charge in [-0.1, -0.05) is 13.8 Å². The summed E-state index contributed by atoms with van der Waals surface area (Å²) in [5.74, 6) is 0.129. The molecule has 0 aliphatic rings. The van der Waals surface area contributed by atoms with Crippen LogP contribution in [0.2, 0.25) is 0 Å². The molecule has 0 aromatic rings. The molecule has 1 amide bonds. The van der Waals surface area contributed by atoms with E-state index in [-0.39, 0.29) is 17.9 Å². The van der Waals surface area contributed by atoms with Crippen molar-refractivity contribution in [3.05, 3.63) is 0 Å². The van der Waals surface area contributed by atoms with E-state index in [0.717, 1.165) is 0 Å². The number of carbonyl (C=O) groups excluding carboxylic acids is 1. The highest BCUT2D eigenvalue weighted by Crippen LogP contribution is 2.16. The molecule has 0 aromatic heterocycles. The van der Waals surface area contributed by atoms with Crippen molar-refractivity contribution >= 4 is 5.91 Å². The van der Waals surface area contributed by atoms with Crippen molar-refractivity contribution in [3.63, 3.8) is 0 Å². The minimum absolute atomic E-state index is 0.101. The van der Waals surface area contributed by atoms with E-state index in [1.54, 1.807) is 13.8 Å². The fraction of sp³-hybridized carbons (Fsp3) is 0.889. The van der Waals surface area contributed by atoms with Crippen LogP contribution in [0.1, 0.15) is 34.6 Å². The van der Waals surface area contributed by atoms with Gasteiger partial charge in [0.1, 0.15) is 0 Å². The minimum atomic E-state index is -0.861. The van der Waals surface area contributed by atoms with Gasteiger partial charge in [-0.05, 0) is 19.8 Å². The molecule has 0 spiro atoms. The quantitative estimate of drug-likeness (QED) is 0.666. The highest BCUT2D eigenvalue weighted by Gasteiger charge is 2.29. The second kappa shape index (κ2) is 3.90. The smallest absolute Gasteiger partial charge is 0.217 e. The normalized spacial score (nSPS) is 14.6. The third kappa shape index (κ3) is 3.72. The summed E-state index contributed by atoms with van der Waals surface area (Å²) in [6.07, 6.45) is 0. The fourth-order valence-electron chi connectivity index (χ4n) is 1.38. The van der Waals surface area contributed by atoms with E-state index in [1.165, 1.54) is 6.92 Å². The van der Waals surface area contributed by atoms with E-state index in [2.05, 4.69) is 5.32 Å². The maximum Gasteiger partial charge on any atom is 0.217 e. The number of carbonyl (C=O) groups is 1. The summed E-state index contributed by atoms with van der Waals surface area (Å²) in [6, 6.07) is -0.185. The van der Waals surface area contributed by atoms with Gasteiger partial charge in [-0.2, -0.15) is 0 Å². The fourth-order valence-corrected chi connectivity index (χ4v) is 1.38. The van der Waals surface area contributed by atoms with Gasteiger partial charge in [-0.25, -0.2) is 0 Å². The molecular weight excluding hydrogens is 154 g/mol. The Kier molecular flexibility index (Phi) is 3.71. The molecule has 0 aromatic carbocycles. The summed E-state index contributed by atoms with van der Waals surface area (Å²) in [6.45, 7) is 8.81. The molecule has 0 fully saturated rings. The number of hydrogen-bond acceptors (Lipinski definition) is 2. The topological polar surface area (TPSA) is 49.3 Å². The van der Waals surface area contributed by atoms with Gasteiger partial charge < -0.3 is 10.4 Å². The number of hydrogen-bond donors (Lipinski definition) is 2. The number of rotatable bonds is 3. The maximum absolute atomic E-state index is 10.8. The van der Waals surface area contributed by atoms with Crippen LogP contribution in [0.15, 0.2) is 0 Å². The molecule has 0 unspecified atom stereocenters. The molecule has 0 heterocycles. The van der Waals surface area contributed by atoms with E-state index in [9.17, 15) is 9.90 Å². The molecular formula is C9H19NO2. The van der Waals surface area contributed by atoms with Crippen LogP contribution in [0.25, 0.3) is 0 Å². The highest BCUT2D eigenvalue weighted by atomic mass is 16.3. The minimum Gasteiger partial charge on any atom is -0.388 e. The Labute approximate surface area is 74.2 Å². The zero-order chi connectivity index (χ0) is 9.94. The van der Waals surface area contributed by atoms with Crippen LogP contribution in [-0.2, 0) is 4.79 Å². The standard InChI is InChI=1S/C9H19NO2/c1-6(2)8(9(4,5)12)10-7(3)11/h6,8,12H,1-5H3,(H,10,11)/t8-/m1/s1. The predicted molar refractivity (Wildman–Crippen MR) is 48.7 cm³/mol. The third-order valence-electron chi connectivity index (χ3n) is 1.79.